The number of likely N-dealkylation sites (tertiary alicyclic amines) is 1. The molecule has 0 bridgehead atoms. The number of amides is 2. The van der Waals surface area contributed by atoms with E-state index in [2.05, 4.69) is 5.32 Å². The Kier molecular flexibility index (Phi) is 5.07. The molecule has 0 aromatic heterocycles. The van der Waals surface area contributed by atoms with Crippen molar-refractivity contribution in [3.05, 3.63) is 53.1 Å². The fourth-order valence-corrected chi connectivity index (χ4v) is 3.99. The summed E-state index contributed by atoms with van der Waals surface area (Å²) in [7, 11) is 2.90. The first-order chi connectivity index (χ1) is 14.4. The van der Waals surface area contributed by atoms with E-state index in [-0.39, 0.29) is 29.5 Å². The molecule has 2 aliphatic heterocycles. The third kappa shape index (κ3) is 3.24. The molecule has 2 amide bonds. The minimum atomic E-state index is -0.990. The number of methoxy groups -OCH3 is 2. The maximum absolute atomic E-state index is 13.0. The van der Waals surface area contributed by atoms with Crippen molar-refractivity contribution >= 4 is 23.5 Å². The first-order valence-electron chi connectivity index (χ1n) is 9.59. The molecule has 2 aromatic rings. The molecule has 156 valence electrons. The Bertz CT molecular complexity index is 1030. The van der Waals surface area contributed by atoms with Crippen LogP contribution < -0.4 is 14.8 Å². The van der Waals surface area contributed by atoms with Gasteiger partial charge in [-0.2, -0.15) is 0 Å². The summed E-state index contributed by atoms with van der Waals surface area (Å²) >= 11 is 0. The van der Waals surface area contributed by atoms with Gasteiger partial charge in [0.05, 0.1) is 14.2 Å². The number of carbonyl (C=O) groups excluding carboxylic acids is 3. The van der Waals surface area contributed by atoms with Gasteiger partial charge in [0.1, 0.15) is 11.6 Å². The number of cyclic esters (lactones) is 1. The zero-order valence-corrected chi connectivity index (χ0v) is 16.9. The van der Waals surface area contributed by atoms with Crippen molar-refractivity contribution in [1.82, 2.24) is 4.90 Å². The van der Waals surface area contributed by atoms with Gasteiger partial charge in [0.25, 0.3) is 0 Å². The van der Waals surface area contributed by atoms with Crippen LogP contribution in [0.25, 0.3) is 0 Å². The quantitative estimate of drug-likeness (QED) is 0.762. The fraction of sp³-hybridized carbons (Fsp3) is 0.318. The highest BCUT2D eigenvalue weighted by atomic mass is 16.6. The third-order valence-electron chi connectivity index (χ3n) is 5.36. The summed E-state index contributed by atoms with van der Waals surface area (Å²) in [5, 5.41) is 2.86. The molecule has 0 radical (unpaired) electrons. The normalized spacial score (nSPS) is 20.0. The minimum Gasteiger partial charge on any atom is -0.493 e. The number of anilines is 1. The second kappa shape index (κ2) is 7.70. The van der Waals surface area contributed by atoms with E-state index < -0.39 is 18.2 Å². The maximum atomic E-state index is 13.0. The van der Waals surface area contributed by atoms with Crippen LogP contribution in [0.2, 0.25) is 0 Å². The van der Waals surface area contributed by atoms with Crippen molar-refractivity contribution in [2.24, 2.45) is 0 Å². The number of aryl methyl sites for hydroxylation is 1. The molecule has 1 saturated heterocycles. The Morgan fingerprint density at radius 3 is 2.67 bits per heavy atom. The zero-order valence-electron chi connectivity index (χ0n) is 16.9. The predicted molar refractivity (Wildman–Crippen MR) is 107 cm³/mol. The molecule has 0 aliphatic carbocycles. The number of nitrogens with one attached hydrogen (secondary N) is 1. The number of benzene rings is 2. The van der Waals surface area contributed by atoms with Crippen LogP contribution in [0.1, 0.15) is 40.6 Å². The van der Waals surface area contributed by atoms with E-state index in [9.17, 15) is 14.4 Å². The lowest BCUT2D eigenvalue weighted by molar-refractivity contribution is -0.144. The summed E-state index contributed by atoms with van der Waals surface area (Å²) in [6.07, 6.45) is -0.453. The van der Waals surface area contributed by atoms with Gasteiger partial charge in [-0.3, -0.25) is 14.5 Å². The SMILES string of the molecule is COc1ccc2c(c1OC)C(=O)O[C@H]2N1C(=O)CC[C@H]1C(=O)Nc1cccc(C)c1. The van der Waals surface area contributed by atoms with Crippen molar-refractivity contribution in [1.29, 1.82) is 0 Å². The van der Waals surface area contributed by atoms with Crippen LogP contribution in [0.5, 0.6) is 11.5 Å². The Labute approximate surface area is 173 Å². The van der Waals surface area contributed by atoms with Gasteiger partial charge in [-0.05, 0) is 43.2 Å². The second-order valence-electron chi connectivity index (χ2n) is 7.24. The van der Waals surface area contributed by atoms with E-state index in [1.807, 2.05) is 25.1 Å². The highest BCUT2D eigenvalue weighted by molar-refractivity contribution is 6.01. The molecular weight excluding hydrogens is 388 g/mol. The van der Waals surface area contributed by atoms with Crippen molar-refractivity contribution < 1.29 is 28.6 Å². The number of fused-ring (bicyclic) bond motifs is 1. The largest absolute Gasteiger partial charge is 0.493 e. The Morgan fingerprint density at radius 1 is 1.17 bits per heavy atom. The average molecular weight is 410 g/mol. The summed E-state index contributed by atoms with van der Waals surface area (Å²) < 4.78 is 16.1. The topological polar surface area (TPSA) is 94.2 Å². The van der Waals surface area contributed by atoms with Crippen LogP contribution in [-0.2, 0) is 14.3 Å². The highest BCUT2D eigenvalue weighted by Crippen LogP contribution is 2.45. The second-order valence-corrected chi connectivity index (χ2v) is 7.24. The van der Waals surface area contributed by atoms with Gasteiger partial charge in [0, 0.05) is 17.7 Å². The molecule has 0 spiro atoms. The number of hydrogen-bond donors (Lipinski definition) is 1. The van der Waals surface area contributed by atoms with E-state index in [0.29, 0.717) is 23.4 Å². The van der Waals surface area contributed by atoms with E-state index >= 15 is 0 Å². The molecule has 1 N–H and O–H groups in total. The van der Waals surface area contributed by atoms with E-state index in [4.69, 9.17) is 14.2 Å². The molecule has 0 saturated carbocycles. The van der Waals surface area contributed by atoms with E-state index in [1.54, 1.807) is 18.2 Å². The Balaban J connectivity index is 1.65. The molecule has 0 unspecified atom stereocenters. The van der Waals surface area contributed by atoms with Crippen molar-refractivity contribution in [2.75, 3.05) is 19.5 Å². The number of ether oxygens (including phenoxy) is 3. The van der Waals surface area contributed by atoms with Gasteiger partial charge < -0.3 is 19.5 Å². The maximum Gasteiger partial charge on any atom is 0.344 e. The first-order valence-corrected chi connectivity index (χ1v) is 9.59. The van der Waals surface area contributed by atoms with Crippen LogP contribution >= 0.6 is 0 Å². The Morgan fingerprint density at radius 2 is 1.97 bits per heavy atom. The molecule has 4 rings (SSSR count). The van der Waals surface area contributed by atoms with Crippen LogP contribution in [0.3, 0.4) is 0 Å². The standard InChI is InChI=1S/C22H22N2O6/c1-12-5-4-6-13(11-12)23-20(26)15-8-10-17(25)24(15)21-14-7-9-16(28-2)19(29-3)18(14)22(27)30-21/h4-7,9,11,15,21H,8,10H2,1-3H3,(H,23,26)/t15-,21+/m0/s1. The first kappa shape index (κ1) is 19.8. The number of nitrogens with zero attached hydrogens (tertiary/aromatic N) is 1. The molecule has 2 atom stereocenters. The van der Waals surface area contributed by atoms with Crippen LogP contribution in [0, 0.1) is 6.92 Å². The molecule has 2 aliphatic rings. The van der Waals surface area contributed by atoms with Crippen molar-refractivity contribution in [3.8, 4) is 11.5 Å². The number of hydrogen-bond acceptors (Lipinski definition) is 6. The molecule has 30 heavy (non-hydrogen) atoms. The summed E-state index contributed by atoms with van der Waals surface area (Å²) in [4.78, 5) is 39.6. The lowest BCUT2D eigenvalue weighted by atomic mass is 10.0. The minimum absolute atomic E-state index is 0.197. The molecule has 2 aromatic carbocycles. The molecule has 1 fully saturated rings. The van der Waals surface area contributed by atoms with Gasteiger partial charge in [0.15, 0.2) is 11.5 Å². The van der Waals surface area contributed by atoms with Crippen molar-refractivity contribution in [2.45, 2.75) is 32.0 Å². The lowest BCUT2D eigenvalue weighted by Gasteiger charge is -2.29. The van der Waals surface area contributed by atoms with Crippen LogP contribution in [-0.4, -0.2) is 42.9 Å². The fourth-order valence-electron chi connectivity index (χ4n) is 3.99. The molecule has 8 nitrogen and oxygen atoms in total. The lowest BCUT2D eigenvalue weighted by Crippen LogP contribution is -2.43. The van der Waals surface area contributed by atoms with Gasteiger partial charge >= 0.3 is 5.97 Å². The monoisotopic (exact) mass is 410 g/mol. The van der Waals surface area contributed by atoms with Gasteiger partial charge in [-0.15, -0.1) is 0 Å². The Hall–Kier alpha value is -3.55. The summed E-state index contributed by atoms with van der Waals surface area (Å²) in [5.74, 6) is -0.565. The van der Waals surface area contributed by atoms with Crippen molar-refractivity contribution in [3.63, 3.8) is 0 Å². The van der Waals surface area contributed by atoms with Crippen LogP contribution in [0.15, 0.2) is 36.4 Å². The number of carbonyl (C=O) groups is 3. The zero-order chi connectivity index (χ0) is 21.4. The van der Waals surface area contributed by atoms with Gasteiger partial charge in [0.2, 0.25) is 18.0 Å². The summed E-state index contributed by atoms with van der Waals surface area (Å²) in [6.45, 7) is 1.93. The number of esters is 1. The smallest absolute Gasteiger partial charge is 0.344 e. The highest BCUT2D eigenvalue weighted by Gasteiger charge is 2.47. The van der Waals surface area contributed by atoms with Gasteiger partial charge in [-0.25, -0.2) is 4.79 Å². The predicted octanol–water partition coefficient (Wildman–Crippen LogP) is 2.81. The molecule has 2 heterocycles. The number of rotatable bonds is 5. The average Bonchev–Trinajstić information content (AvgIpc) is 3.27. The molecular formula is C22H22N2O6. The summed E-state index contributed by atoms with van der Waals surface area (Å²) in [6, 6.07) is 9.96. The van der Waals surface area contributed by atoms with Gasteiger partial charge in [-0.1, -0.05) is 12.1 Å². The van der Waals surface area contributed by atoms with Crippen LogP contribution in [0.4, 0.5) is 5.69 Å². The van der Waals surface area contributed by atoms with E-state index in [0.717, 1.165) is 5.56 Å². The molecule has 8 heteroatoms. The summed E-state index contributed by atoms with van der Waals surface area (Å²) in [5.41, 5.74) is 2.34. The third-order valence-corrected chi connectivity index (χ3v) is 5.36. The van der Waals surface area contributed by atoms with E-state index in [1.165, 1.54) is 19.1 Å².